The molecule has 0 radical (unpaired) electrons. The topological polar surface area (TPSA) is 115 Å². The summed E-state index contributed by atoms with van der Waals surface area (Å²) in [5, 5.41) is 11.0. The van der Waals surface area contributed by atoms with Crippen LogP contribution >= 0.6 is 0 Å². The maximum Gasteiger partial charge on any atom is 0.292 e. The van der Waals surface area contributed by atoms with Crippen LogP contribution in [0.2, 0.25) is 0 Å². The van der Waals surface area contributed by atoms with Crippen molar-refractivity contribution in [2.75, 3.05) is 6.54 Å². The van der Waals surface area contributed by atoms with Crippen molar-refractivity contribution in [1.82, 2.24) is 4.72 Å². The summed E-state index contributed by atoms with van der Waals surface area (Å²) < 4.78 is 41.1. The molecular formula is C13H18FN3O4S. The lowest BCUT2D eigenvalue weighted by molar-refractivity contribution is -0.388. The van der Waals surface area contributed by atoms with Crippen LogP contribution in [0.5, 0.6) is 0 Å². The lowest BCUT2D eigenvalue weighted by Crippen LogP contribution is -2.44. The number of hydrogen-bond donors (Lipinski definition) is 2. The molecule has 0 bridgehead atoms. The van der Waals surface area contributed by atoms with Crippen molar-refractivity contribution >= 4 is 15.7 Å². The van der Waals surface area contributed by atoms with Gasteiger partial charge in [-0.15, -0.1) is 0 Å². The van der Waals surface area contributed by atoms with Gasteiger partial charge in [-0.3, -0.25) is 10.1 Å². The Labute approximate surface area is 127 Å². The Hall–Kier alpha value is -1.58. The van der Waals surface area contributed by atoms with Crippen LogP contribution in [0.4, 0.5) is 10.1 Å². The number of nitrogens with one attached hydrogen (secondary N) is 1. The Balaban J connectivity index is 2.37. The molecule has 2 rings (SSSR count). The van der Waals surface area contributed by atoms with E-state index >= 15 is 0 Å². The number of benzene rings is 1. The molecule has 0 aromatic heterocycles. The first-order valence-electron chi connectivity index (χ1n) is 7.02. The molecule has 1 aromatic carbocycles. The van der Waals surface area contributed by atoms with Gasteiger partial charge in [0, 0.05) is 12.1 Å². The average Bonchev–Trinajstić information content (AvgIpc) is 2.46. The zero-order valence-electron chi connectivity index (χ0n) is 11.9. The van der Waals surface area contributed by atoms with E-state index in [1.54, 1.807) is 0 Å². The molecule has 0 heterocycles. The maximum absolute atomic E-state index is 13.9. The molecule has 9 heteroatoms. The zero-order valence-corrected chi connectivity index (χ0v) is 12.7. The molecule has 0 aliphatic heterocycles. The van der Waals surface area contributed by atoms with Crippen molar-refractivity contribution in [3.05, 3.63) is 34.1 Å². The monoisotopic (exact) mass is 331 g/mol. The molecule has 1 aliphatic rings. The molecule has 1 saturated carbocycles. The minimum Gasteiger partial charge on any atom is -0.330 e. The van der Waals surface area contributed by atoms with Crippen LogP contribution in [0.3, 0.4) is 0 Å². The number of sulfonamides is 1. The molecule has 0 saturated heterocycles. The summed E-state index contributed by atoms with van der Waals surface area (Å²) in [5.41, 5.74) is 4.87. The van der Waals surface area contributed by atoms with E-state index in [2.05, 4.69) is 4.72 Å². The fourth-order valence-corrected chi connectivity index (χ4v) is 4.38. The summed E-state index contributed by atoms with van der Waals surface area (Å²) in [7, 11) is -4.33. The molecule has 1 fully saturated rings. The van der Waals surface area contributed by atoms with Crippen molar-refractivity contribution in [1.29, 1.82) is 0 Å². The van der Waals surface area contributed by atoms with E-state index in [0.717, 1.165) is 37.5 Å². The number of halogens is 1. The molecule has 0 unspecified atom stereocenters. The van der Waals surface area contributed by atoms with Gasteiger partial charge in [0.25, 0.3) is 15.7 Å². The summed E-state index contributed by atoms with van der Waals surface area (Å²) in [6.07, 6.45) is 3.16. The van der Waals surface area contributed by atoms with E-state index < -0.39 is 37.4 Å². The van der Waals surface area contributed by atoms with Crippen LogP contribution in [0.15, 0.2) is 23.1 Å². The normalized spacial score (nSPS) is 22.5. The van der Waals surface area contributed by atoms with Crippen molar-refractivity contribution < 1.29 is 17.7 Å². The molecule has 22 heavy (non-hydrogen) atoms. The van der Waals surface area contributed by atoms with Gasteiger partial charge in [0.1, 0.15) is 5.82 Å². The van der Waals surface area contributed by atoms with Gasteiger partial charge in [0.2, 0.25) is 0 Å². The van der Waals surface area contributed by atoms with E-state index in [1.165, 1.54) is 0 Å². The van der Waals surface area contributed by atoms with E-state index in [0.29, 0.717) is 13.0 Å². The molecular weight excluding hydrogens is 313 g/mol. The summed E-state index contributed by atoms with van der Waals surface area (Å²) in [6, 6.07) is 2.54. The van der Waals surface area contributed by atoms with E-state index in [1.807, 2.05) is 0 Å². The van der Waals surface area contributed by atoms with Crippen LogP contribution in [-0.2, 0) is 10.0 Å². The number of rotatable bonds is 5. The zero-order chi connectivity index (χ0) is 16.3. The van der Waals surface area contributed by atoms with Gasteiger partial charge in [-0.05, 0) is 31.4 Å². The average molecular weight is 331 g/mol. The fourth-order valence-electron chi connectivity index (χ4n) is 2.81. The molecule has 1 aliphatic carbocycles. The third-order valence-electron chi connectivity index (χ3n) is 3.93. The molecule has 3 N–H and O–H groups in total. The SMILES string of the molecule is NC[C@H]1CCCC[C@@H]1NS(=O)(=O)c1c(F)cccc1[N+](=O)[O-]. The number of nitrogens with zero attached hydrogens (tertiary/aromatic N) is 1. The van der Waals surface area contributed by atoms with Gasteiger partial charge in [0.15, 0.2) is 4.90 Å². The van der Waals surface area contributed by atoms with Crippen molar-refractivity contribution in [2.24, 2.45) is 11.7 Å². The number of nitro groups is 1. The molecule has 7 nitrogen and oxygen atoms in total. The van der Waals surface area contributed by atoms with Crippen molar-refractivity contribution in [3.8, 4) is 0 Å². The van der Waals surface area contributed by atoms with E-state index in [-0.39, 0.29) is 5.92 Å². The molecule has 2 atom stereocenters. The minimum atomic E-state index is -4.33. The van der Waals surface area contributed by atoms with Crippen LogP contribution < -0.4 is 10.5 Å². The smallest absolute Gasteiger partial charge is 0.292 e. The lowest BCUT2D eigenvalue weighted by atomic mass is 9.85. The third kappa shape index (κ3) is 3.42. The van der Waals surface area contributed by atoms with E-state index in [9.17, 15) is 22.9 Å². The van der Waals surface area contributed by atoms with Gasteiger partial charge < -0.3 is 5.73 Å². The van der Waals surface area contributed by atoms with Gasteiger partial charge in [-0.25, -0.2) is 17.5 Å². The predicted molar refractivity (Wildman–Crippen MR) is 78.2 cm³/mol. The molecule has 122 valence electrons. The minimum absolute atomic E-state index is 0.0469. The van der Waals surface area contributed by atoms with Crippen molar-refractivity contribution in [3.63, 3.8) is 0 Å². The fraction of sp³-hybridized carbons (Fsp3) is 0.538. The quantitative estimate of drug-likeness (QED) is 0.627. The molecule has 0 amide bonds. The summed E-state index contributed by atoms with van der Waals surface area (Å²) in [4.78, 5) is 9.14. The predicted octanol–water partition coefficient (Wildman–Crippen LogP) is 1.53. The Morgan fingerprint density at radius 2 is 2.05 bits per heavy atom. The summed E-state index contributed by atoms with van der Waals surface area (Å²) in [6.45, 7) is 0.312. The second-order valence-electron chi connectivity index (χ2n) is 5.35. The largest absolute Gasteiger partial charge is 0.330 e. The van der Waals surface area contributed by atoms with Gasteiger partial charge >= 0.3 is 0 Å². The first-order chi connectivity index (χ1) is 10.4. The highest BCUT2D eigenvalue weighted by molar-refractivity contribution is 7.89. The van der Waals surface area contributed by atoms with Crippen LogP contribution in [0, 0.1) is 21.8 Å². The maximum atomic E-state index is 13.9. The Morgan fingerprint density at radius 1 is 1.36 bits per heavy atom. The highest BCUT2D eigenvalue weighted by Crippen LogP contribution is 2.29. The number of nitro benzene ring substituents is 1. The van der Waals surface area contributed by atoms with Crippen LogP contribution in [0.1, 0.15) is 25.7 Å². The Bertz CT molecular complexity index is 665. The third-order valence-corrected chi connectivity index (χ3v) is 5.48. The first-order valence-corrected chi connectivity index (χ1v) is 8.50. The second-order valence-corrected chi connectivity index (χ2v) is 7.00. The Kier molecular flexibility index (Phi) is 5.09. The van der Waals surface area contributed by atoms with Gasteiger partial charge in [-0.2, -0.15) is 0 Å². The van der Waals surface area contributed by atoms with Gasteiger partial charge in [-0.1, -0.05) is 18.9 Å². The lowest BCUT2D eigenvalue weighted by Gasteiger charge is -2.30. The van der Waals surface area contributed by atoms with Gasteiger partial charge in [0.05, 0.1) is 4.92 Å². The van der Waals surface area contributed by atoms with Crippen LogP contribution in [-0.4, -0.2) is 25.9 Å². The highest BCUT2D eigenvalue weighted by atomic mass is 32.2. The second kappa shape index (κ2) is 6.67. The van der Waals surface area contributed by atoms with Crippen LogP contribution in [0.25, 0.3) is 0 Å². The Morgan fingerprint density at radius 3 is 2.68 bits per heavy atom. The van der Waals surface area contributed by atoms with Crippen molar-refractivity contribution in [2.45, 2.75) is 36.6 Å². The first kappa shape index (κ1) is 16.8. The molecule has 1 aromatic rings. The number of hydrogen-bond acceptors (Lipinski definition) is 5. The summed E-state index contributed by atoms with van der Waals surface area (Å²) >= 11 is 0. The van der Waals surface area contributed by atoms with E-state index in [4.69, 9.17) is 5.73 Å². The standard InChI is InChI=1S/C13H18FN3O4S/c14-10-5-3-7-12(17(18)19)13(10)22(20,21)16-11-6-2-1-4-9(11)8-15/h3,5,7,9,11,16H,1-2,4,6,8,15H2/t9-,11+/m1/s1. The summed E-state index contributed by atoms with van der Waals surface area (Å²) in [5.74, 6) is -1.18. The number of nitrogens with two attached hydrogens (primary N) is 1. The molecule has 0 spiro atoms. The highest BCUT2D eigenvalue weighted by Gasteiger charge is 2.34.